The Bertz CT molecular complexity index is 235. The number of carboxylic acids is 1. The van der Waals surface area contributed by atoms with Crippen molar-refractivity contribution in [1.82, 2.24) is 5.06 Å². The first-order valence-electron chi connectivity index (χ1n) is 5.46. The van der Waals surface area contributed by atoms with Gasteiger partial charge in [-0.25, -0.2) is 0 Å². The maximum Gasteiger partial charge on any atom is 0.327 e. The Morgan fingerprint density at radius 2 is 2.19 bits per heavy atom. The van der Waals surface area contributed by atoms with Crippen molar-refractivity contribution in [2.24, 2.45) is 0 Å². The van der Waals surface area contributed by atoms with Crippen LogP contribution in [-0.4, -0.2) is 39.2 Å². The zero-order valence-electron chi connectivity index (χ0n) is 9.72. The van der Waals surface area contributed by atoms with Gasteiger partial charge in [0.15, 0.2) is 5.54 Å². The fourth-order valence-electron chi connectivity index (χ4n) is 1.54. The zero-order valence-corrected chi connectivity index (χ0v) is 10.6. The number of rotatable bonds is 9. The maximum atomic E-state index is 11.3. The third kappa shape index (κ3) is 3.81. The molecule has 0 rings (SSSR count). The van der Waals surface area contributed by atoms with Crippen molar-refractivity contribution >= 4 is 18.6 Å². The van der Waals surface area contributed by atoms with E-state index in [1.165, 1.54) is 6.08 Å². The highest BCUT2D eigenvalue weighted by atomic mass is 32.1. The lowest BCUT2D eigenvalue weighted by Crippen LogP contribution is -2.55. The van der Waals surface area contributed by atoms with E-state index < -0.39 is 11.5 Å². The molecule has 0 aromatic rings. The van der Waals surface area contributed by atoms with Gasteiger partial charge in [-0.15, -0.1) is 6.58 Å². The standard InChI is InChI=1S/C11H21NO3S/c1-3-5-6-7-11(9-16,10(13)14)12(15)8-4-2/h4,15-16H,2-3,5-9H2,1H3,(H,13,14). The van der Waals surface area contributed by atoms with Crippen molar-refractivity contribution in [3.05, 3.63) is 12.7 Å². The van der Waals surface area contributed by atoms with Crippen LogP contribution in [0, 0.1) is 0 Å². The van der Waals surface area contributed by atoms with Gasteiger partial charge in [0.05, 0.1) is 0 Å². The molecular weight excluding hydrogens is 226 g/mol. The smallest absolute Gasteiger partial charge is 0.327 e. The molecule has 0 saturated carbocycles. The molecule has 0 amide bonds. The summed E-state index contributed by atoms with van der Waals surface area (Å²) in [6, 6.07) is 0. The Labute approximate surface area is 102 Å². The Kier molecular flexibility index (Phi) is 7.45. The molecule has 0 fully saturated rings. The van der Waals surface area contributed by atoms with E-state index in [1.807, 2.05) is 6.92 Å². The summed E-state index contributed by atoms with van der Waals surface area (Å²) in [6.45, 7) is 5.65. The number of carboxylic acid groups (broad SMARTS) is 1. The molecule has 94 valence electrons. The molecule has 0 saturated heterocycles. The minimum Gasteiger partial charge on any atom is -0.480 e. The van der Waals surface area contributed by atoms with Gasteiger partial charge in [0, 0.05) is 12.3 Å². The topological polar surface area (TPSA) is 60.8 Å². The van der Waals surface area contributed by atoms with Gasteiger partial charge in [-0.05, 0) is 6.42 Å². The molecule has 0 aliphatic rings. The summed E-state index contributed by atoms with van der Waals surface area (Å²) >= 11 is 4.06. The third-order valence-corrected chi connectivity index (χ3v) is 3.17. The number of hydrogen-bond acceptors (Lipinski definition) is 4. The van der Waals surface area contributed by atoms with Gasteiger partial charge >= 0.3 is 5.97 Å². The molecular formula is C11H21NO3S. The molecule has 0 aromatic carbocycles. The van der Waals surface area contributed by atoms with Gasteiger partial charge in [0.25, 0.3) is 0 Å². The Hall–Kier alpha value is -0.520. The lowest BCUT2D eigenvalue weighted by Gasteiger charge is -2.34. The van der Waals surface area contributed by atoms with E-state index in [0.717, 1.165) is 24.3 Å². The SMILES string of the molecule is C=CCN(O)C(CS)(CCCCC)C(=O)O. The normalized spacial score (nSPS) is 14.8. The van der Waals surface area contributed by atoms with Crippen LogP contribution in [0.15, 0.2) is 12.7 Å². The molecule has 16 heavy (non-hydrogen) atoms. The number of aliphatic carboxylic acids is 1. The highest BCUT2D eigenvalue weighted by Gasteiger charge is 2.42. The van der Waals surface area contributed by atoms with Crippen LogP contribution in [0.5, 0.6) is 0 Å². The summed E-state index contributed by atoms with van der Waals surface area (Å²) in [5.74, 6) is -0.959. The van der Waals surface area contributed by atoms with Crippen LogP contribution in [0.4, 0.5) is 0 Å². The Balaban J connectivity index is 4.69. The molecule has 0 heterocycles. The molecule has 0 aliphatic heterocycles. The number of carbonyl (C=O) groups is 1. The van der Waals surface area contributed by atoms with E-state index in [2.05, 4.69) is 19.2 Å². The molecule has 0 spiro atoms. The van der Waals surface area contributed by atoms with Gasteiger partial charge in [-0.3, -0.25) is 4.79 Å². The van der Waals surface area contributed by atoms with Crippen LogP contribution in [0.25, 0.3) is 0 Å². The molecule has 0 radical (unpaired) electrons. The van der Waals surface area contributed by atoms with Crippen molar-refractivity contribution in [3.8, 4) is 0 Å². The minimum absolute atomic E-state index is 0.0797. The van der Waals surface area contributed by atoms with Crippen molar-refractivity contribution in [1.29, 1.82) is 0 Å². The number of thiol groups is 1. The highest BCUT2D eigenvalue weighted by Crippen LogP contribution is 2.24. The van der Waals surface area contributed by atoms with Crippen LogP contribution in [0.1, 0.15) is 32.6 Å². The van der Waals surface area contributed by atoms with E-state index in [0.29, 0.717) is 6.42 Å². The van der Waals surface area contributed by atoms with E-state index in [-0.39, 0.29) is 12.3 Å². The molecule has 0 bridgehead atoms. The summed E-state index contributed by atoms with van der Waals surface area (Å²) in [5.41, 5.74) is -1.30. The fourth-order valence-corrected chi connectivity index (χ4v) is 2.00. The Morgan fingerprint density at radius 3 is 2.56 bits per heavy atom. The van der Waals surface area contributed by atoms with Crippen molar-refractivity contribution in [3.63, 3.8) is 0 Å². The largest absolute Gasteiger partial charge is 0.480 e. The van der Waals surface area contributed by atoms with Gasteiger partial charge in [-0.1, -0.05) is 32.3 Å². The van der Waals surface area contributed by atoms with Crippen molar-refractivity contribution < 1.29 is 15.1 Å². The maximum absolute atomic E-state index is 11.3. The second-order valence-electron chi connectivity index (χ2n) is 3.82. The number of hydroxylamine groups is 2. The van der Waals surface area contributed by atoms with Gasteiger partial charge in [-0.2, -0.15) is 17.7 Å². The Morgan fingerprint density at radius 1 is 1.56 bits per heavy atom. The molecule has 0 aliphatic carbocycles. The summed E-state index contributed by atoms with van der Waals surface area (Å²) in [5, 5.41) is 19.8. The molecule has 5 heteroatoms. The van der Waals surface area contributed by atoms with Crippen LogP contribution in [0.3, 0.4) is 0 Å². The van der Waals surface area contributed by atoms with Crippen LogP contribution in [-0.2, 0) is 4.79 Å². The molecule has 2 N–H and O–H groups in total. The predicted octanol–water partition coefficient (Wildman–Crippen LogP) is 2.20. The first kappa shape index (κ1) is 15.5. The molecule has 1 atom stereocenters. The van der Waals surface area contributed by atoms with Gasteiger partial charge < -0.3 is 10.3 Å². The predicted molar refractivity (Wildman–Crippen MR) is 67.1 cm³/mol. The number of unbranched alkanes of at least 4 members (excludes halogenated alkanes) is 2. The van der Waals surface area contributed by atoms with Crippen LogP contribution < -0.4 is 0 Å². The molecule has 4 nitrogen and oxygen atoms in total. The monoisotopic (exact) mass is 247 g/mol. The second kappa shape index (κ2) is 7.70. The van der Waals surface area contributed by atoms with E-state index in [9.17, 15) is 15.1 Å². The third-order valence-electron chi connectivity index (χ3n) is 2.65. The number of nitrogens with zero attached hydrogens (tertiary/aromatic N) is 1. The van der Waals surface area contributed by atoms with E-state index in [4.69, 9.17) is 0 Å². The average Bonchev–Trinajstić information content (AvgIpc) is 2.24. The van der Waals surface area contributed by atoms with Gasteiger partial charge in [0.2, 0.25) is 0 Å². The molecule has 1 unspecified atom stereocenters. The fraction of sp³-hybridized carbons (Fsp3) is 0.727. The first-order valence-corrected chi connectivity index (χ1v) is 6.10. The zero-order chi connectivity index (χ0) is 12.6. The average molecular weight is 247 g/mol. The lowest BCUT2D eigenvalue weighted by molar-refractivity contribution is -0.190. The van der Waals surface area contributed by atoms with E-state index >= 15 is 0 Å². The number of hydrogen-bond donors (Lipinski definition) is 3. The van der Waals surface area contributed by atoms with Crippen molar-refractivity contribution in [2.75, 3.05) is 12.3 Å². The summed E-state index contributed by atoms with van der Waals surface area (Å²) in [6.07, 6.45) is 4.59. The second-order valence-corrected chi connectivity index (χ2v) is 4.14. The summed E-state index contributed by atoms with van der Waals surface area (Å²) in [4.78, 5) is 11.3. The van der Waals surface area contributed by atoms with Crippen molar-refractivity contribution in [2.45, 2.75) is 38.1 Å². The van der Waals surface area contributed by atoms with Crippen LogP contribution in [0.2, 0.25) is 0 Å². The van der Waals surface area contributed by atoms with Gasteiger partial charge in [0.1, 0.15) is 0 Å². The quantitative estimate of drug-likeness (QED) is 0.253. The summed E-state index contributed by atoms with van der Waals surface area (Å²) in [7, 11) is 0. The van der Waals surface area contributed by atoms with E-state index in [1.54, 1.807) is 0 Å². The van der Waals surface area contributed by atoms with Crippen LogP contribution >= 0.6 is 12.6 Å². The minimum atomic E-state index is -1.30. The first-order chi connectivity index (χ1) is 7.55. The summed E-state index contributed by atoms with van der Waals surface area (Å²) < 4.78 is 0. The molecule has 0 aromatic heterocycles. The lowest BCUT2D eigenvalue weighted by atomic mass is 9.93. The highest BCUT2D eigenvalue weighted by molar-refractivity contribution is 7.80.